The number of nitrogens with zero attached hydrogens (tertiary/aromatic N) is 1. The molecule has 0 aromatic carbocycles. The molecule has 0 bridgehead atoms. The van der Waals surface area contributed by atoms with E-state index in [0.717, 1.165) is 0 Å². The summed E-state index contributed by atoms with van der Waals surface area (Å²) in [6.07, 6.45) is -0.584. The highest BCUT2D eigenvalue weighted by Gasteiger charge is 2.04. The molecule has 0 aliphatic heterocycles. The summed E-state index contributed by atoms with van der Waals surface area (Å²) in [5, 5.41) is 18.4. The average Bonchev–Trinajstić information content (AvgIpc) is 1.83. The first-order chi connectivity index (χ1) is 4.16. The molecule has 0 rings (SSSR count). The van der Waals surface area contributed by atoms with Crippen molar-refractivity contribution in [2.24, 2.45) is 5.73 Å². The highest BCUT2D eigenvalue weighted by molar-refractivity contribution is 4.52. The Labute approximate surface area is 52.6 Å². The topological polar surface area (TPSA) is 89.4 Å². The minimum Gasteiger partial charge on any atom is -0.392 e. The Morgan fingerprint density at radius 1 is 1.78 bits per heavy atom. The van der Waals surface area contributed by atoms with Crippen LogP contribution >= 0.6 is 0 Å². The normalized spacial score (nSPS) is 13.1. The predicted octanol–water partition coefficient (Wildman–Crippen LogP) is -1.03. The third kappa shape index (κ3) is 5.19. The van der Waals surface area contributed by atoms with Crippen LogP contribution < -0.4 is 5.73 Å². The number of nitrogens with two attached hydrogens (primary N) is 1. The minimum atomic E-state index is -0.726. The molecule has 3 N–H and O–H groups in total. The average molecular weight is 134 g/mol. The summed E-state index contributed by atoms with van der Waals surface area (Å²) in [6.45, 7) is -0.119. The zero-order chi connectivity index (χ0) is 7.28. The number of aliphatic hydroxyl groups excluding tert-OH is 1. The standard InChI is InChI=1S/C4H10N2O3/c5-3-4(7)1-2-6(8)9/h4,7H,1-3,5H2. The number of aliphatic hydroxyl groups is 1. The number of hydrogen-bond acceptors (Lipinski definition) is 4. The molecule has 0 saturated carbocycles. The van der Waals surface area contributed by atoms with Gasteiger partial charge in [0.15, 0.2) is 0 Å². The summed E-state index contributed by atoms with van der Waals surface area (Å²) >= 11 is 0. The summed E-state index contributed by atoms with van der Waals surface area (Å²) in [5.41, 5.74) is 4.99. The van der Waals surface area contributed by atoms with Crippen molar-refractivity contribution in [3.05, 3.63) is 10.1 Å². The van der Waals surface area contributed by atoms with Gasteiger partial charge >= 0.3 is 0 Å². The SMILES string of the molecule is NCC(O)CC[N+](=O)[O-]. The molecule has 0 aliphatic carbocycles. The van der Waals surface area contributed by atoms with Crippen LogP contribution in [0.1, 0.15) is 6.42 Å². The molecule has 0 amide bonds. The summed E-state index contributed by atoms with van der Waals surface area (Å²) in [5.74, 6) is 0. The second-order valence-electron chi connectivity index (χ2n) is 1.73. The van der Waals surface area contributed by atoms with Crippen LogP contribution in [-0.4, -0.2) is 29.2 Å². The van der Waals surface area contributed by atoms with Crippen molar-refractivity contribution in [3.8, 4) is 0 Å². The summed E-state index contributed by atoms with van der Waals surface area (Å²) < 4.78 is 0. The fourth-order valence-electron chi connectivity index (χ4n) is 0.372. The van der Waals surface area contributed by atoms with Gasteiger partial charge in [0.25, 0.3) is 0 Å². The highest BCUT2D eigenvalue weighted by atomic mass is 16.6. The van der Waals surface area contributed by atoms with Gasteiger partial charge in [0.2, 0.25) is 6.54 Å². The van der Waals surface area contributed by atoms with Crippen LogP contribution in [-0.2, 0) is 0 Å². The number of hydrogen-bond donors (Lipinski definition) is 2. The zero-order valence-electron chi connectivity index (χ0n) is 4.99. The van der Waals surface area contributed by atoms with Crippen LogP contribution in [0.2, 0.25) is 0 Å². The van der Waals surface area contributed by atoms with Gasteiger partial charge in [-0.05, 0) is 0 Å². The molecule has 0 saturated heterocycles. The van der Waals surface area contributed by atoms with Crippen LogP contribution in [0.15, 0.2) is 0 Å². The molecule has 0 aliphatic rings. The van der Waals surface area contributed by atoms with Crippen molar-refractivity contribution in [1.82, 2.24) is 0 Å². The van der Waals surface area contributed by atoms with Gasteiger partial charge in [-0.25, -0.2) is 0 Å². The fourth-order valence-corrected chi connectivity index (χ4v) is 0.372. The number of nitro groups is 1. The molecule has 5 nitrogen and oxygen atoms in total. The quantitative estimate of drug-likeness (QED) is 0.380. The van der Waals surface area contributed by atoms with Crippen molar-refractivity contribution >= 4 is 0 Å². The van der Waals surface area contributed by atoms with Crippen LogP contribution in [0.3, 0.4) is 0 Å². The monoisotopic (exact) mass is 134 g/mol. The maximum Gasteiger partial charge on any atom is 0.206 e. The molecule has 0 heterocycles. The Kier molecular flexibility index (Phi) is 3.90. The van der Waals surface area contributed by atoms with E-state index < -0.39 is 11.0 Å². The van der Waals surface area contributed by atoms with Gasteiger partial charge in [-0.3, -0.25) is 10.1 Å². The van der Waals surface area contributed by atoms with E-state index in [1.54, 1.807) is 0 Å². The van der Waals surface area contributed by atoms with Gasteiger partial charge in [0, 0.05) is 17.9 Å². The van der Waals surface area contributed by atoms with Crippen molar-refractivity contribution in [2.45, 2.75) is 12.5 Å². The van der Waals surface area contributed by atoms with Gasteiger partial charge in [0.1, 0.15) is 0 Å². The van der Waals surface area contributed by atoms with Gasteiger partial charge in [-0.15, -0.1) is 0 Å². The Morgan fingerprint density at radius 2 is 2.33 bits per heavy atom. The Morgan fingerprint density at radius 3 is 2.67 bits per heavy atom. The van der Waals surface area contributed by atoms with Crippen LogP contribution in [0, 0.1) is 10.1 Å². The van der Waals surface area contributed by atoms with Crippen LogP contribution in [0.25, 0.3) is 0 Å². The maximum atomic E-state index is 9.67. The van der Waals surface area contributed by atoms with E-state index in [9.17, 15) is 10.1 Å². The molecule has 5 heteroatoms. The summed E-state index contributed by atoms with van der Waals surface area (Å²) in [6, 6.07) is 0. The zero-order valence-corrected chi connectivity index (χ0v) is 4.99. The predicted molar refractivity (Wildman–Crippen MR) is 31.5 cm³/mol. The third-order valence-corrected chi connectivity index (χ3v) is 0.917. The van der Waals surface area contributed by atoms with Crippen molar-refractivity contribution in [3.63, 3.8) is 0 Å². The lowest BCUT2D eigenvalue weighted by Crippen LogP contribution is -2.22. The smallest absolute Gasteiger partial charge is 0.206 e. The Balaban J connectivity index is 3.16. The molecule has 1 unspecified atom stereocenters. The lowest BCUT2D eigenvalue weighted by molar-refractivity contribution is -0.481. The second kappa shape index (κ2) is 4.22. The van der Waals surface area contributed by atoms with Crippen molar-refractivity contribution in [1.29, 1.82) is 0 Å². The molecule has 9 heavy (non-hydrogen) atoms. The van der Waals surface area contributed by atoms with E-state index >= 15 is 0 Å². The highest BCUT2D eigenvalue weighted by Crippen LogP contribution is 1.87. The third-order valence-electron chi connectivity index (χ3n) is 0.917. The fraction of sp³-hybridized carbons (Fsp3) is 1.00. The van der Waals surface area contributed by atoms with E-state index in [2.05, 4.69) is 0 Å². The molecule has 0 radical (unpaired) electrons. The Bertz CT molecular complexity index is 95.8. The molecule has 0 aromatic rings. The second-order valence-corrected chi connectivity index (χ2v) is 1.73. The van der Waals surface area contributed by atoms with E-state index in [1.807, 2.05) is 0 Å². The molecular formula is C4H10N2O3. The van der Waals surface area contributed by atoms with Gasteiger partial charge in [-0.1, -0.05) is 0 Å². The van der Waals surface area contributed by atoms with E-state index in [1.165, 1.54) is 0 Å². The number of rotatable bonds is 4. The lowest BCUT2D eigenvalue weighted by Gasteiger charge is -2.01. The first-order valence-electron chi connectivity index (χ1n) is 2.66. The first kappa shape index (κ1) is 8.32. The summed E-state index contributed by atoms with van der Waals surface area (Å²) in [4.78, 5) is 9.20. The largest absolute Gasteiger partial charge is 0.392 e. The minimum absolute atomic E-state index is 0.0911. The van der Waals surface area contributed by atoms with Crippen molar-refractivity contribution < 1.29 is 10.0 Å². The van der Waals surface area contributed by atoms with E-state index in [4.69, 9.17) is 10.8 Å². The molecule has 1 atom stereocenters. The first-order valence-corrected chi connectivity index (χ1v) is 2.66. The van der Waals surface area contributed by atoms with Gasteiger partial charge in [0.05, 0.1) is 6.10 Å². The van der Waals surface area contributed by atoms with E-state index in [-0.39, 0.29) is 19.5 Å². The molecule has 0 spiro atoms. The molecule has 54 valence electrons. The Hall–Kier alpha value is -0.680. The van der Waals surface area contributed by atoms with Gasteiger partial charge in [-0.2, -0.15) is 0 Å². The van der Waals surface area contributed by atoms with Crippen molar-refractivity contribution in [2.75, 3.05) is 13.1 Å². The molecular weight excluding hydrogens is 124 g/mol. The van der Waals surface area contributed by atoms with Gasteiger partial charge < -0.3 is 10.8 Å². The maximum absolute atomic E-state index is 9.67. The van der Waals surface area contributed by atoms with Crippen LogP contribution in [0.4, 0.5) is 0 Å². The summed E-state index contributed by atoms with van der Waals surface area (Å²) in [7, 11) is 0. The van der Waals surface area contributed by atoms with Crippen LogP contribution in [0.5, 0.6) is 0 Å². The molecule has 0 fully saturated rings. The lowest BCUT2D eigenvalue weighted by atomic mass is 10.2. The van der Waals surface area contributed by atoms with E-state index in [0.29, 0.717) is 0 Å². The molecule has 0 aromatic heterocycles.